The lowest BCUT2D eigenvalue weighted by atomic mass is 10.0. The predicted molar refractivity (Wildman–Crippen MR) is 86.2 cm³/mol. The van der Waals surface area contributed by atoms with Crippen molar-refractivity contribution < 1.29 is 9.15 Å². The van der Waals surface area contributed by atoms with E-state index in [1.807, 2.05) is 6.07 Å². The zero-order valence-electron chi connectivity index (χ0n) is 12.8. The molecule has 0 radical (unpaired) electrons. The van der Waals surface area contributed by atoms with E-state index in [-0.39, 0.29) is 5.63 Å². The van der Waals surface area contributed by atoms with Gasteiger partial charge < -0.3 is 9.15 Å². The van der Waals surface area contributed by atoms with Gasteiger partial charge in [0.1, 0.15) is 17.9 Å². The number of hydrogen-bond donors (Lipinski definition) is 0. The van der Waals surface area contributed by atoms with Crippen LogP contribution in [0.4, 0.5) is 0 Å². The van der Waals surface area contributed by atoms with Crippen LogP contribution in [0.15, 0.2) is 40.1 Å². The molecule has 2 rings (SSSR count). The van der Waals surface area contributed by atoms with Crippen LogP contribution in [0.1, 0.15) is 37.8 Å². The molecule has 0 N–H and O–H groups in total. The average molecular weight is 286 g/mol. The summed E-state index contributed by atoms with van der Waals surface area (Å²) < 4.78 is 11.0. The first kappa shape index (κ1) is 15.4. The molecule has 0 spiro atoms. The number of rotatable bonds is 7. The Kier molecular flexibility index (Phi) is 5.20. The molecule has 0 unspecified atom stereocenters. The minimum atomic E-state index is -0.302. The van der Waals surface area contributed by atoms with Crippen molar-refractivity contribution in [2.45, 2.75) is 39.5 Å². The Balaban J connectivity index is 2.61. The molecule has 0 aliphatic carbocycles. The Morgan fingerprint density at radius 2 is 1.86 bits per heavy atom. The lowest BCUT2D eigenvalue weighted by molar-refractivity contribution is 0.358. The van der Waals surface area contributed by atoms with E-state index in [4.69, 9.17) is 9.15 Å². The van der Waals surface area contributed by atoms with Gasteiger partial charge in [0.15, 0.2) is 0 Å². The highest BCUT2D eigenvalue weighted by Crippen LogP contribution is 2.29. The fourth-order valence-corrected chi connectivity index (χ4v) is 2.52. The van der Waals surface area contributed by atoms with Crippen LogP contribution in [0, 0.1) is 0 Å². The minimum Gasteiger partial charge on any atom is -0.489 e. The summed E-state index contributed by atoms with van der Waals surface area (Å²) >= 11 is 0. The Labute approximate surface area is 125 Å². The zero-order valence-corrected chi connectivity index (χ0v) is 12.8. The van der Waals surface area contributed by atoms with Crippen LogP contribution in [-0.4, -0.2) is 6.61 Å². The van der Waals surface area contributed by atoms with Gasteiger partial charge in [-0.2, -0.15) is 0 Å². The topological polar surface area (TPSA) is 39.4 Å². The molecule has 0 atom stereocenters. The molecule has 0 saturated heterocycles. The lowest BCUT2D eigenvalue weighted by Gasteiger charge is -2.12. The van der Waals surface area contributed by atoms with E-state index in [1.54, 1.807) is 12.1 Å². The van der Waals surface area contributed by atoms with E-state index in [0.717, 1.165) is 47.9 Å². The molecule has 3 heteroatoms. The summed E-state index contributed by atoms with van der Waals surface area (Å²) in [4.78, 5) is 11.7. The molecule has 0 saturated carbocycles. The SMILES string of the molecule is C=CCOc1cc2oc(=O)cc(CCC)c2cc1CCC. The molecule has 0 fully saturated rings. The second kappa shape index (κ2) is 7.11. The van der Waals surface area contributed by atoms with Crippen molar-refractivity contribution in [2.24, 2.45) is 0 Å². The minimum absolute atomic E-state index is 0.302. The normalized spacial score (nSPS) is 10.8. The zero-order chi connectivity index (χ0) is 15.2. The molecular weight excluding hydrogens is 264 g/mol. The fourth-order valence-electron chi connectivity index (χ4n) is 2.52. The van der Waals surface area contributed by atoms with E-state index < -0.39 is 0 Å². The van der Waals surface area contributed by atoms with Crippen molar-refractivity contribution in [3.05, 3.63) is 52.4 Å². The van der Waals surface area contributed by atoms with Crippen LogP contribution in [0.2, 0.25) is 0 Å². The maximum Gasteiger partial charge on any atom is 0.336 e. The van der Waals surface area contributed by atoms with E-state index in [9.17, 15) is 4.79 Å². The van der Waals surface area contributed by atoms with Crippen molar-refractivity contribution in [3.8, 4) is 5.75 Å². The third kappa shape index (κ3) is 3.54. The predicted octanol–water partition coefficient (Wildman–Crippen LogP) is 4.26. The monoisotopic (exact) mass is 286 g/mol. The quantitative estimate of drug-likeness (QED) is 0.564. The van der Waals surface area contributed by atoms with Gasteiger partial charge in [0, 0.05) is 17.5 Å². The van der Waals surface area contributed by atoms with Crippen LogP contribution in [0.5, 0.6) is 5.75 Å². The van der Waals surface area contributed by atoms with E-state index in [0.29, 0.717) is 12.2 Å². The first-order valence-electron chi connectivity index (χ1n) is 7.53. The highest BCUT2D eigenvalue weighted by molar-refractivity contribution is 5.83. The van der Waals surface area contributed by atoms with Crippen molar-refractivity contribution in [3.63, 3.8) is 0 Å². The molecule has 0 amide bonds. The van der Waals surface area contributed by atoms with Crippen LogP contribution >= 0.6 is 0 Å². The average Bonchev–Trinajstić information content (AvgIpc) is 2.46. The Bertz CT molecular complexity index is 683. The Morgan fingerprint density at radius 3 is 2.52 bits per heavy atom. The molecule has 21 heavy (non-hydrogen) atoms. The number of aryl methyl sites for hydroxylation is 2. The van der Waals surface area contributed by atoms with Crippen LogP contribution in [0.3, 0.4) is 0 Å². The van der Waals surface area contributed by atoms with E-state index in [1.165, 1.54) is 0 Å². The summed E-state index contributed by atoms with van der Waals surface area (Å²) in [5, 5.41) is 1.02. The molecular formula is C18H22O3. The summed E-state index contributed by atoms with van der Waals surface area (Å²) in [6.07, 6.45) is 5.56. The summed E-state index contributed by atoms with van der Waals surface area (Å²) in [6, 6.07) is 5.54. The van der Waals surface area contributed by atoms with E-state index in [2.05, 4.69) is 26.5 Å². The van der Waals surface area contributed by atoms with Gasteiger partial charge in [0.05, 0.1) is 0 Å². The van der Waals surface area contributed by atoms with Gasteiger partial charge in [-0.25, -0.2) is 4.79 Å². The molecule has 0 bridgehead atoms. The van der Waals surface area contributed by atoms with Gasteiger partial charge in [-0.05, 0) is 30.0 Å². The van der Waals surface area contributed by atoms with Gasteiger partial charge in [0.2, 0.25) is 0 Å². The van der Waals surface area contributed by atoms with Gasteiger partial charge in [-0.1, -0.05) is 39.3 Å². The van der Waals surface area contributed by atoms with Crippen molar-refractivity contribution in [2.75, 3.05) is 6.61 Å². The highest BCUT2D eigenvalue weighted by Gasteiger charge is 2.11. The first-order chi connectivity index (χ1) is 10.2. The highest BCUT2D eigenvalue weighted by atomic mass is 16.5. The molecule has 0 aliphatic heterocycles. The third-order valence-electron chi connectivity index (χ3n) is 3.41. The molecule has 0 aliphatic rings. The molecule has 1 heterocycles. The number of hydrogen-bond acceptors (Lipinski definition) is 3. The molecule has 3 nitrogen and oxygen atoms in total. The third-order valence-corrected chi connectivity index (χ3v) is 3.41. The molecule has 2 aromatic rings. The smallest absolute Gasteiger partial charge is 0.336 e. The van der Waals surface area contributed by atoms with Crippen molar-refractivity contribution in [1.29, 1.82) is 0 Å². The Morgan fingerprint density at radius 1 is 1.14 bits per heavy atom. The maximum atomic E-state index is 11.7. The number of fused-ring (bicyclic) bond motifs is 1. The van der Waals surface area contributed by atoms with Gasteiger partial charge in [-0.3, -0.25) is 0 Å². The summed E-state index contributed by atoms with van der Waals surface area (Å²) in [6.45, 7) is 8.36. The van der Waals surface area contributed by atoms with Crippen LogP contribution < -0.4 is 10.4 Å². The summed E-state index contributed by atoms with van der Waals surface area (Å²) in [7, 11) is 0. The molecule has 1 aromatic heterocycles. The van der Waals surface area contributed by atoms with Crippen LogP contribution in [-0.2, 0) is 12.8 Å². The van der Waals surface area contributed by atoms with Gasteiger partial charge in [-0.15, -0.1) is 0 Å². The first-order valence-corrected chi connectivity index (χ1v) is 7.53. The van der Waals surface area contributed by atoms with Gasteiger partial charge in [0.25, 0.3) is 0 Å². The van der Waals surface area contributed by atoms with Crippen molar-refractivity contribution in [1.82, 2.24) is 0 Å². The lowest BCUT2D eigenvalue weighted by Crippen LogP contribution is -2.03. The summed E-state index contributed by atoms with van der Waals surface area (Å²) in [5.74, 6) is 0.779. The van der Waals surface area contributed by atoms with E-state index >= 15 is 0 Å². The second-order valence-electron chi connectivity index (χ2n) is 5.15. The number of benzene rings is 1. The van der Waals surface area contributed by atoms with Crippen LogP contribution in [0.25, 0.3) is 11.0 Å². The second-order valence-corrected chi connectivity index (χ2v) is 5.15. The number of ether oxygens (including phenoxy) is 1. The Hall–Kier alpha value is -2.03. The maximum absolute atomic E-state index is 11.7. The fraction of sp³-hybridized carbons (Fsp3) is 0.389. The molecule has 1 aromatic carbocycles. The largest absolute Gasteiger partial charge is 0.489 e. The molecule has 112 valence electrons. The van der Waals surface area contributed by atoms with Gasteiger partial charge >= 0.3 is 5.63 Å². The summed E-state index contributed by atoms with van der Waals surface area (Å²) in [5.41, 5.74) is 2.50. The van der Waals surface area contributed by atoms with Crippen molar-refractivity contribution >= 4 is 11.0 Å². The standard InChI is InChI=1S/C18H22O3/c1-4-7-13-11-18(19)21-17-12-16(20-9-6-3)14(8-5-2)10-15(13)17/h6,10-12H,3-5,7-9H2,1-2H3.